The van der Waals surface area contributed by atoms with Gasteiger partial charge in [0.15, 0.2) is 0 Å². The van der Waals surface area contributed by atoms with Crippen molar-refractivity contribution >= 4 is 5.84 Å². The highest BCUT2D eigenvalue weighted by Crippen LogP contribution is 2.30. The maximum Gasteiger partial charge on any atom is 0.141 e. The number of nitrogens with two attached hydrogens (primary N) is 1. The van der Waals surface area contributed by atoms with Gasteiger partial charge in [-0.2, -0.15) is 0 Å². The lowest BCUT2D eigenvalue weighted by molar-refractivity contribution is 0.127. The number of hydrogen-bond acceptors (Lipinski definition) is 3. The first-order valence-electron chi connectivity index (χ1n) is 6.48. The van der Waals surface area contributed by atoms with E-state index in [-0.39, 0.29) is 5.84 Å². The molecule has 0 aliphatic carbocycles. The highest BCUT2D eigenvalue weighted by molar-refractivity contribution is 5.93. The van der Waals surface area contributed by atoms with Crippen molar-refractivity contribution in [1.29, 1.82) is 5.41 Å². The van der Waals surface area contributed by atoms with E-state index in [4.69, 9.17) is 11.1 Å². The number of likely N-dealkylation sites (tertiary alicyclic amines) is 1. The first-order chi connectivity index (χ1) is 8.46. The maximum absolute atomic E-state index is 7.41. The molecule has 98 valence electrons. The highest BCUT2D eigenvalue weighted by atomic mass is 15.1. The summed E-state index contributed by atoms with van der Waals surface area (Å²) in [5, 5.41) is 7.41. The third-order valence-electron chi connectivity index (χ3n) is 3.72. The molecule has 1 fully saturated rings. The van der Waals surface area contributed by atoms with Crippen LogP contribution in [0.25, 0.3) is 0 Å². The predicted molar refractivity (Wildman–Crippen MR) is 73.5 cm³/mol. The molecule has 1 saturated heterocycles. The first-order valence-corrected chi connectivity index (χ1v) is 6.48. The van der Waals surface area contributed by atoms with Gasteiger partial charge in [0.1, 0.15) is 11.5 Å². The van der Waals surface area contributed by atoms with Crippen LogP contribution in [0.2, 0.25) is 0 Å². The van der Waals surface area contributed by atoms with Crippen LogP contribution in [-0.4, -0.2) is 28.8 Å². The van der Waals surface area contributed by atoms with Gasteiger partial charge < -0.3 is 5.73 Å². The lowest BCUT2D eigenvalue weighted by atomic mass is 9.82. The van der Waals surface area contributed by atoms with Crippen LogP contribution >= 0.6 is 0 Å². The van der Waals surface area contributed by atoms with Gasteiger partial charge in [0.05, 0.1) is 0 Å². The molecular weight excluding hydrogens is 224 g/mol. The minimum atomic E-state index is 0.0385. The summed E-state index contributed by atoms with van der Waals surface area (Å²) in [7, 11) is 0. The summed E-state index contributed by atoms with van der Waals surface area (Å²) in [6, 6.07) is 3.92. The van der Waals surface area contributed by atoms with Crippen LogP contribution in [0.15, 0.2) is 18.3 Å². The Bertz CT molecular complexity index is 429. The minimum Gasteiger partial charge on any atom is -0.382 e. The number of rotatable bonds is 3. The van der Waals surface area contributed by atoms with Crippen LogP contribution in [0.3, 0.4) is 0 Å². The molecule has 0 bridgehead atoms. The minimum absolute atomic E-state index is 0.0385. The monoisotopic (exact) mass is 246 g/mol. The molecule has 1 aliphatic rings. The maximum atomic E-state index is 7.41. The standard InChI is InChI=1S/C14H22N4/c1-14(2)4-7-18(8-5-14)10-11-3-6-17-12(9-11)13(15)16/h3,6,9H,4-5,7-8,10H2,1-2H3,(H3,15,16). The predicted octanol–water partition coefficient (Wildman–Crippen LogP) is 1.99. The van der Waals surface area contributed by atoms with Crippen LogP contribution in [0, 0.1) is 10.8 Å². The molecule has 0 radical (unpaired) electrons. The molecule has 0 saturated carbocycles. The van der Waals surface area contributed by atoms with Crippen molar-refractivity contribution in [2.45, 2.75) is 33.2 Å². The van der Waals surface area contributed by atoms with Crippen LogP contribution in [-0.2, 0) is 6.54 Å². The molecule has 1 aromatic rings. The van der Waals surface area contributed by atoms with E-state index in [1.807, 2.05) is 12.1 Å². The van der Waals surface area contributed by atoms with Crippen molar-refractivity contribution in [3.63, 3.8) is 0 Å². The number of nitrogen functional groups attached to an aromatic ring is 1. The van der Waals surface area contributed by atoms with Gasteiger partial charge in [0.2, 0.25) is 0 Å². The van der Waals surface area contributed by atoms with Gasteiger partial charge in [-0.05, 0) is 49.0 Å². The summed E-state index contributed by atoms with van der Waals surface area (Å²) in [5.74, 6) is 0.0385. The van der Waals surface area contributed by atoms with Crippen molar-refractivity contribution < 1.29 is 0 Å². The molecule has 0 aromatic carbocycles. The number of nitrogens with one attached hydrogen (secondary N) is 1. The summed E-state index contributed by atoms with van der Waals surface area (Å²) in [6.45, 7) is 7.89. The Balaban J connectivity index is 1.98. The van der Waals surface area contributed by atoms with E-state index in [2.05, 4.69) is 23.7 Å². The second kappa shape index (κ2) is 5.06. The van der Waals surface area contributed by atoms with E-state index in [1.54, 1.807) is 6.20 Å². The molecule has 0 atom stereocenters. The Hall–Kier alpha value is -1.42. The number of hydrogen-bond donors (Lipinski definition) is 2. The first kappa shape index (κ1) is 13.0. The molecule has 4 heteroatoms. The third kappa shape index (κ3) is 3.29. The lowest BCUT2D eigenvalue weighted by Gasteiger charge is -2.36. The zero-order valence-corrected chi connectivity index (χ0v) is 11.2. The molecule has 0 spiro atoms. The molecule has 2 rings (SSSR count). The second-order valence-corrected chi connectivity index (χ2v) is 5.90. The number of pyridine rings is 1. The fourth-order valence-electron chi connectivity index (χ4n) is 2.29. The van der Waals surface area contributed by atoms with E-state index in [1.165, 1.54) is 18.4 Å². The Morgan fingerprint density at radius 1 is 1.44 bits per heavy atom. The van der Waals surface area contributed by atoms with E-state index in [0.29, 0.717) is 11.1 Å². The van der Waals surface area contributed by atoms with Gasteiger partial charge in [-0.15, -0.1) is 0 Å². The summed E-state index contributed by atoms with van der Waals surface area (Å²) in [4.78, 5) is 6.55. The van der Waals surface area contributed by atoms with Crippen LogP contribution in [0.4, 0.5) is 0 Å². The van der Waals surface area contributed by atoms with Gasteiger partial charge >= 0.3 is 0 Å². The normalized spacial score (nSPS) is 19.7. The fourth-order valence-corrected chi connectivity index (χ4v) is 2.29. The van der Waals surface area contributed by atoms with Crippen molar-refractivity contribution in [3.8, 4) is 0 Å². The van der Waals surface area contributed by atoms with E-state index in [9.17, 15) is 0 Å². The van der Waals surface area contributed by atoms with Gasteiger partial charge in [-0.1, -0.05) is 13.8 Å². The molecule has 0 amide bonds. The Labute approximate surface area is 109 Å². The SMILES string of the molecule is CC1(C)CCN(Cc2ccnc(C(=N)N)c2)CC1. The summed E-state index contributed by atoms with van der Waals surface area (Å²) < 4.78 is 0. The average molecular weight is 246 g/mol. The van der Waals surface area contributed by atoms with Gasteiger partial charge in [0, 0.05) is 12.7 Å². The largest absolute Gasteiger partial charge is 0.382 e. The fraction of sp³-hybridized carbons (Fsp3) is 0.571. The quantitative estimate of drug-likeness (QED) is 0.633. The molecule has 18 heavy (non-hydrogen) atoms. The van der Waals surface area contributed by atoms with E-state index >= 15 is 0 Å². The van der Waals surface area contributed by atoms with Gasteiger partial charge in [-0.25, -0.2) is 0 Å². The van der Waals surface area contributed by atoms with E-state index < -0.39 is 0 Å². The van der Waals surface area contributed by atoms with Gasteiger partial charge in [0.25, 0.3) is 0 Å². The molecule has 0 unspecified atom stereocenters. The summed E-state index contributed by atoms with van der Waals surface area (Å²) in [5.41, 5.74) is 7.71. The molecule has 1 aliphatic heterocycles. The Morgan fingerprint density at radius 3 is 2.72 bits per heavy atom. The van der Waals surface area contributed by atoms with Crippen LogP contribution in [0.5, 0.6) is 0 Å². The smallest absolute Gasteiger partial charge is 0.141 e. The molecule has 1 aromatic heterocycles. The molecular formula is C14H22N4. The zero-order chi connectivity index (χ0) is 13.2. The van der Waals surface area contributed by atoms with Crippen LogP contribution < -0.4 is 5.73 Å². The highest BCUT2D eigenvalue weighted by Gasteiger charge is 2.25. The third-order valence-corrected chi connectivity index (χ3v) is 3.72. The Morgan fingerprint density at radius 2 is 2.11 bits per heavy atom. The van der Waals surface area contributed by atoms with Crippen molar-refractivity contribution in [1.82, 2.24) is 9.88 Å². The van der Waals surface area contributed by atoms with Crippen molar-refractivity contribution in [2.75, 3.05) is 13.1 Å². The zero-order valence-electron chi connectivity index (χ0n) is 11.2. The van der Waals surface area contributed by atoms with Crippen LogP contribution in [0.1, 0.15) is 37.9 Å². The van der Waals surface area contributed by atoms with Gasteiger partial charge in [-0.3, -0.25) is 15.3 Å². The lowest BCUT2D eigenvalue weighted by Crippen LogP contribution is -2.36. The van der Waals surface area contributed by atoms with Crippen molar-refractivity contribution in [3.05, 3.63) is 29.6 Å². The number of nitrogens with zero attached hydrogens (tertiary/aromatic N) is 2. The second-order valence-electron chi connectivity index (χ2n) is 5.90. The molecule has 3 N–H and O–H groups in total. The number of amidine groups is 1. The molecule has 2 heterocycles. The summed E-state index contributed by atoms with van der Waals surface area (Å²) >= 11 is 0. The number of piperidine rings is 1. The topological polar surface area (TPSA) is 66.0 Å². The van der Waals surface area contributed by atoms with E-state index in [0.717, 1.165) is 19.6 Å². The number of aromatic nitrogens is 1. The molecule has 4 nitrogen and oxygen atoms in total. The summed E-state index contributed by atoms with van der Waals surface area (Å²) in [6.07, 6.45) is 4.23. The Kier molecular flexibility index (Phi) is 3.66. The average Bonchev–Trinajstić information content (AvgIpc) is 2.32. The van der Waals surface area contributed by atoms with Crippen molar-refractivity contribution in [2.24, 2.45) is 11.1 Å².